The number of unbranched alkanes of at least 4 members (excludes halogenated alkanes) is 4. The molecule has 4 aromatic rings. The van der Waals surface area contributed by atoms with Crippen molar-refractivity contribution in [2.75, 3.05) is 0 Å². The summed E-state index contributed by atoms with van der Waals surface area (Å²) in [5.41, 5.74) is 4.47. The van der Waals surface area contributed by atoms with Gasteiger partial charge in [-0.2, -0.15) is 0 Å². The topological polar surface area (TPSA) is 114 Å². The molecule has 0 aromatic heterocycles. The van der Waals surface area contributed by atoms with E-state index in [1.807, 2.05) is 24.3 Å². The zero-order valence-electron chi connectivity index (χ0n) is 27.2. The molecule has 0 atom stereocenters. The molecule has 0 fully saturated rings. The second-order valence-corrected chi connectivity index (χ2v) is 14.4. The molecule has 0 aliphatic rings. The first kappa shape index (κ1) is 39.7. The summed E-state index contributed by atoms with van der Waals surface area (Å²) in [6, 6.07) is 18.3. The van der Waals surface area contributed by atoms with Crippen LogP contribution in [0.2, 0.25) is 0 Å². The Morgan fingerprint density at radius 2 is 0.822 bits per heavy atom. The van der Waals surface area contributed by atoms with Gasteiger partial charge in [0.1, 0.15) is 20.2 Å². The van der Waals surface area contributed by atoms with Gasteiger partial charge in [-0.15, -0.1) is 0 Å². The molecule has 0 saturated carbocycles. The average Bonchev–Trinajstić information content (AvgIpc) is 2.99. The Bertz CT molecular complexity index is 1630. The minimum absolute atomic E-state index is 0. The van der Waals surface area contributed by atoms with Crippen molar-refractivity contribution in [2.45, 2.75) is 115 Å². The Morgan fingerprint density at radius 3 is 1.13 bits per heavy atom. The van der Waals surface area contributed by atoms with Gasteiger partial charge in [-0.25, -0.2) is 16.8 Å². The van der Waals surface area contributed by atoms with E-state index in [4.69, 9.17) is 0 Å². The third kappa shape index (κ3) is 11.9. The Hall–Kier alpha value is -1.52. The molecule has 0 N–H and O–H groups in total. The Kier molecular flexibility index (Phi) is 16.5. The van der Waals surface area contributed by atoms with E-state index in [-0.39, 0.29) is 47.5 Å². The summed E-state index contributed by atoms with van der Waals surface area (Å²) < 4.78 is 68.1. The first-order chi connectivity index (χ1) is 20.9. The molecule has 0 saturated heterocycles. The molecule has 0 aliphatic heterocycles. The molecule has 0 spiro atoms. The number of rotatable bonds is 14. The van der Waals surface area contributed by atoms with Crippen LogP contribution in [0.3, 0.4) is 0 Å². The maximum Gasteiger partial charge on any atom is 2.00 e. The zero-order chi connectivity index (χ0) is 32.3. The molecule has 6 nitrogen and oxygen atoms in total. The largest absolute Gasteiger partial charge is 2.00 e. The normalized spacial score (nSPS) is 11.7. The maximum absolute atomic E-state index is 11.4. The van der Waals surface area contributed by atoms with Crippen LogP contribution in [0.15, 0.2) is 70.5 Å². The van der Waals surface area contributed by atoms with Crippen molar-refractivity contribution in [1.29, 1.82) is 0 Å². The molecule has 0 aliphatic carbocycles. The molecule has 0 unspecified atom stereocenters. The van der Waals surface area contributed by atoms with Crippen LogP contribution >= 0.6 is 0 Å². The summed E-state index contributed by atoms with van der Waals surface area (Å²) in [6.07, 6.45) is 12.3. The van der Waals surface area contributed by atoms with Crippen molar-refractivity contribution >= 4 is 79.5 Å². The quantitative estimate of drug-likeness (QED) is 0.0976. The molecule has 0 bridgehead atoms. The van der Waals surface area contributed by atoms with Crippen molar-refractivity contribution in [3.63, 3.8) is 0 Å². The Labute approximate surface area is 300 Å². The SMILES string of the molecule is CCCCc1ccc2cc(S(=O)(=O)[O-])cc(CCCC)c2c1.CCCCc1ccc2cc(S(=O)(=O)[O-])cc(CCCC)c2c1.[Ca+2]. The van der Waals surface area contributed by atoms with Gasteiger partial charge in [-0.1, -0.05) is 89.8 Å². The van der Waals surface area contributed by atoms with Crippen molar-refractivity contribution in [3.8, 4) is 0 Å². The van der Waals surface area contributed by atoms with Crippen LogP contribution in [-0.2, 0) is 45.9 Å². The molecule has 240 valence electrons. The fraction of sp³-hybridized carbons (Fsp3) is 0.444. The van der Waals surface area contributed by atoms with Gasteiger partial charge in [-0.3, -0.25) is 0 Å². The number of aryl methyl sites for hydroxylation is 4. The minimum Gasteiger partial charge on any atom is -0.744 e. The van der Waals surface area contributed by atoms with E-state index in [1.54, 1.807) is 12.1 Å². The van der Waals surface area contributed by atoms with Crippen LogP contribution < -0.4 is 0 Å². The molecule has 0 heterocycles. The van der Waals surface area contributed by atoms with Gasteiger partial charge < -0.3 is 9.11 Å². The molecule has 4 aromatic carbocycles. The van der Waals surface area contributed by atoms with E-state index in [2.05, 4.69) is 39.8 Å². The molecule has 4 rings (SSSR count). The van der Waals surface area contributed by atoms with Gasteiger partial charge in [0.25, 0.3) is 0 Å². The van der Waals surface area contributed by atoms with E-state index in [1.165, 1.54) is 23.3 Å². The fourth-order valence-corrected chi connectivity index (χ4v) is 6.53. The number of benzene rings is 4. The Balaban J connectivity index is 0.000000307. The summed E-state index contributed by atoms with van der Waals surface area (Å²) >= 11 is 0. The van der Waals surface area contributed by atoms with Crippen molar-refractivity contribution < 1.29 is 25.9 Å². The summed E-state index contributed by atoms with van der Waals surface area (Å²) in [4.78, 5) is -0.236. The van der Waals surface area contributed by atoms with Crippen molar-refractivity contribution in [1.82, 2.24) is 0 Å². The third-order valence-corrected chi connectivity index (χ3v) is 9.60. The number of hydrogen-bond acceptors (Lipinski definition) is 6. The van der Waals surface area contributed by atoms with Gasteiger partial charge in [0.15, 0.2) is 0 Å². The third-order valence-electron chi connectivity index (χ3n) is 7.97. The second kappa shape index (κ2) is 18.7. The van der Waals surface area contributed by atoms with Gasteiger partial charge in [0.2, 0.25) is 0 Å². The standard InChI is InChI=1S/2C18H24O3S.Ca/c2*1-3-5-7-14-9-10-16-13-17(22(19,20)21)12-15(8-6-4-2)18(16)11-14;/h2*9-13H,3-8H2,1-2H3,(H,19,20,21);/q;;+2/p-2. The van der Waals surface area contributed by atoms with Gasteiger partial charge in [-0.05, 0) is 119 Å². The van der Waals surface area contributed by atoms with Crippen LogP contribution in [0.1, 0.15) is 101 Å². The molecule has 0 radical (unpaired) electrons. The van der Waals surface area contributed by atoms with Crippen LogP contribution in [0.4, 0.5) is 0 Å². The van der Waals surface area contributed by atoms with E-state index < -0.39 is 20.2 Å². The maximum atomic E-state index is 11.4. The van der Waals surface area contributed by atoms with Crippen LogP contribution in [-0.4, -0.2) is 63.7 Å². The molecule has 0 amide bonds. The predicted molar refractivity (Wildman–Crippen MR) is 184 cm³/mol. The van der Waals surface area contributed by atoms with Crippen LogP contribution in [0.5, 0.6) is 0 Å². The summed E-state index contributed by atoms with van der Waals surface area (Å²) in [5, 5.41) is 3.83. The van der Waals surface area contributed by atoms with Gasteiger partial charge >= 0.3 is 37.7 Å². The predicted octanol–water partition coefficient (Wildman–Crippen LogP) is 8.48. The van der Waals surface area contributed by atoms with Crippen molar-refractivity contribution in [2.24, 2.45) is 0 Å². The zero-order valence-corrected chi connectivity index (χ0v) is 31.1. The Morgan fingerprint density at radius 1 is 0.489 bits per heavy atom. The monoisotopic (exact) mass is 678 g/mol. The number of fused-ring (bicyclic) bond motifs is 2. The molecular formula is C36H46CaO6S2. The van der Waals surface area contributed by atoms with Crippen LogP contribution in [0, 0.1) is 0 Å². The second-order valence-electron chi connectivity index (χ2n) is 11.6. The van der Waals surface area contributed by atoms with Gasteiger partial charge in [0, 0.05) is 0 Å². The molecular weight excluding hydrogens is 633 g/mol. The summed E-state index contributed by atoms with van der Waals surface area (Å²) in [6.45, 7) is 8.53. The van der Waals surface area contributed by atoms with Gasteiger partial charge in [0.05, 0.1) is 9.79 Å². The number of hydrogen-bond donors (Lipinski definition) is 0. The summed E-state index contributed by atoms with van der Waals surface area (Å²) in [7, 11) is -8.83. The molecule has 9 heteroatoms. The first-order valence-corrected chi connectivity index (χ1v) is 18.8. The van der Waals surface area contributed by atoms with E-state index >= 15 is 0 Å². The van der Waals surface area contributed by atoms with E-state index in [0.29, 0.717) is 0 Å². The minimum atomic E-state index is -4.42. The smallest absolute Gasteiger partial charge is 0.744 e. The molecule has 45 heavy (non-hydrogen) atoms. The fourth-order valence-electron chi connectivity index (χ4n) is 5.41. The van der Waals surface area contributed by atoms with Crippen molar-refractivity contribution in [3.05, 3.63) is 82.9 Å². The average molecular weight is 679 g/mol. The van der Waals surface area contributed by atoms with Crippen LogP contribution in [0.25, 0.3) is 21.5 Å². The first-order valence-electron chi connectivity index (χ1n) is 15.9. The van der Waals surface area contributed by atoms with E-state index in [9.17, 15) is 25.9 Å². The van der Waals surface area contributed by atoms with E-state index in [0.717, 1.165) is 110 Å². The summed E-state index contributed by atoms with van der Waals surface area (Å²) in [5.74, 6) is 0.